The molecule has 2 aromatic rings. The van der Waals surface area contributed by atoms with Crippen LogP contribution in [0, 0.1) is 6.92 Å². The van der Waals surface area contributed by atoms with Crippen molar-refractivity contribution in [2.24, 2.45) is 0 Å². The lowest BCUT2D eigenvalue weighted by atomic mass is 10.3. The summed E-state index contributed by atoms with van der Waals surface area (Å²) in [6, 6.07) is 1.31. The van der Waals surface area contributed by atoms with Crippen LogP contribution in [-0.2, 0) is 0 Å². The molecule has 0 aromatic carbocycles. The molecule has 16 heavy (non-hydrogen) atoms. The molecule has 0 aliphatic rings. The molecular weight excluding hydrogens is 210 g/mol. The molecule has 0 fully saturated rings. The van der Waals surface area contributed by atoms with Crippen molar-refractivity contribution in [2.75, 3.05) is 0 Å². The molecule has 0 bridgehead atoms. The molecule has 84 valence electrons. The summed E-state index contributed by atoms with van der Waals surface area (Å²) < 4.78 is 4.84. The first-order valence-electron chi connectivity index (χ1n) is 4.76. The molecule has 7 heteroatoms. The largest absolute Gasteiger partial charge is 0.351 e. The van der Waals surface area contributed by atoms with Crippen molar-refractivity contribution in [1.29, 1.82) is 0 Å². The van der Waals surface area contributed by atoms with Crippen LogP contribution in [0.15, 0.2) is 16.9 Å². The number of carbonyl (C=O) groups excluding carboxylic acids is 1. The van der Waals surface area contributed by atoms with E-state index in [0.717, 1.165) is 0 Å². The standard InChI is InChI=1S/C9H11N5O2/c1-5-3-7(16-14-5)9(15)12-6(2)8-10-4-11-13-8/h3-4,6H,1-2H3,(H,12,15)(H,10,11,13). The lowest BCUT2D eigenvalue weighted by Gasteiger charge is -2.08. The summed E-state index contributed by atoms with van der Waals surface area (Å²) in [6.07, 6.45) is 1.39. The Bertz CT molecular complexity index is 476. The SMILES string of the molecule is Cc1cc(C(=O)NC(C)c2ncn[nH]2)on1. The minimum absolute atomic E-state index is 0.184. The van der Waals surface area contributed by atoms with Crippen molar-refractivity contribution in [3.05, 3.63) is 29.7 Å². The first-order chi connectivity index (χ1) is 7.66. The minimum Gasteiger partial charge on any atom is -0.351 e. The third kappa shape index (κ3) is 2.08. The first-order valence-corrected chi connectivity index (χ1v) is 4.76. The number of rotatable bonds is 3. The highest BCUT2D eigenvalue weighted by molar-refractivity contribution is 5.91. The van der Waals surface area contributed by atoms with E-state index in [2.05, 4.69) is 25.7 Å². The fourth-order valence-corrected chi connectivity index (χ4v) is 1.23. The summed E-state index contributed by atoms with van der Waals surface area (Å²) in [7, 11) is 0. The number of nitrogens with zero attached hydrogens (tertiary/aromatic N) is 3. The molecule has 0 saturated carbocycles. The number of nitrogens with one attached hydrogen (secondary N) is 2. The highest BCUT2D eigenvalue weighted by Crippen LogP contribution is 2.07. The molecule has 0 aliphatic carbocycles. The van der Waals surface area contributed by atoms with Gasteiger partial charge in [-0.3, -0.25) is 9.89 Å². The van der Waals surface area contributed by atoms with Crippen molar-refractivity contribution in [3.63, 3.8) is 0 Å². The van der Waals surface area contributed by atoms with Gasteiger partial charge in [0.15, 0.2) is 0 Å². The summed E-state index contributed by atoms with van der Waals surface area (Å²) >= 11 is 0. The monoisotopic (exact) mass is 221 g/mol. The van der Waals surface area contributed by atoms with Crippen molar-refractivity contribution >= 4 is 5.91 Å². The second-order valence-corrected chi connectivity index (χ2v) is 3.40. The van der Waals surface area contributed by atoms with Crippen molar-refractivity contribution in [2.45, 2.75) is 19.9 Å². The Hall–Kier alpha value is -2.18. The number of aromatic amines is 1. The number of carbonyl (C=O) groups is 1. The van der Waals surface area contributed by atoms with Gasteiger partial charge in [0, 0.05) is 6.07 Å². The average Bonchev–Trinajstić information content (AvgIpc) is 2.87. The molecule has 7 nitrogen and oxygen atoms in total. The van der Waals surface area contributed by atoms with Gasteiger partial charge in [-0.2, -0.15) is 5.10 Å². The number of aromatic nitrogens is 4. The number of H-pyrrole nitrogens is 1. The van der Waals surface area contributed by atoms with Gasteiger partial charge in [-0.15, -0.1) is 0 Å². The highest BCUT2D eigenvalue weighted by Gasteiger charge is 2.16. The zero-order valence-corrected chi connectivity index (χ0v) is 8.89. The zero-order valence-electron chi connectivity index (χ0n) is 8.89. The predicted molar refractivity (Wildman–Crippen MR) is 53.5 cm³/mol. The van der Waals surface area contributed by atoms with Gasteiger partial charge in [-0.25, -0.2) is 4.98 Å². The van der Waals surface area contributed by atoms with Gasteiger partial charge < -0.3 is 9.84 Å². The van der Waals surface area contributed by atoms with Crippen LogP contribution in [0.1, 0.15) is 35.0 Å². The van der Waals surface area contributed by atoms with Crippen molar-refractivity contribution in [3.8, 4) is 0 Å². The summed E-state index contributed by atoms with van der Waals surface area (Å²) in [5, 5.41) is 12.7. The summed E-state index contributed by atoms with van der Waals surface area (Å²) in [4.78, 5) is 15.6. The van der Waals surface area contributed by atoms with Gasteiger partial charge in [0.1, 0.15) is 12.2 Å². The third-order valence-corrected chi connectivity index (χ3v) is 2.04. The van der Waals surface area contributed by atoms with E-state index in [-0.39, 0.29) is 17.7 Å². The van der Waals surface area contributed by atoms with Gasteiger partial charge in [-0.1, -0.05) is 5.16 Å². The van der Waals surface area contributed by atoms with Gasteiger partial charge in [0.2, 0.25) is 5.76 Å². The molecule has 0 saturated heterocycles. The lowest BCUT2D eigenvalue weighted by molar-refractivity contribution is 0.0901. The maximum Gasteiger partial charge on any atom is 0.290 e. The fraction of sp³-hybridized carbons (Fsp3) is 0.333. The van der Waals surface area contributed by atoms with Crippen LogP contribution < -0.4 is 5.32 Å². The van der Waals surface area contributed by atoms with Crippen LogP contribution in [0.3, 0.4) is 0 Å². The molecular formula is C9H11N5O2. The molecule has 2 N–H and O–H groups in total. The van der Waals surface area contributed by atoms with Crippen LogP contribution >= 0.6 is 0 Å². The first kappa shape index (κ1) is 10.3. The Balaban J connectivity index is 2.03. The number of hydrogen-bond donors (Lipinski definition) is 2. The van der Waals surface area contributed by atoms with Gasteiger partial charge in [0.25, 0.3) is 5.91 Å². The molecule has 1 amide bonds. The van der Waals surface area contributed by atoms with Gasteiger partial charge >= 0.3 is 0 Å². The Morgan fingerprint density at radius 1 is 1.62 bits per heavy atom. The van der Waals surface area contributed by atoms with Gasteiger partial charge in [-0.05, 0) is 13.8 Å². The zero-order chi connectivity index (χ0) is 11.5. The van der Waals surface area contributed by atoms with Crippen molar-refractivity contribution < 1.29 is 9.32 Å². The van der Waals surface area contributed by atoms with E-state index in [1.54, 1.807) is 19.9 Å². The van der Waals surface area contributed by atoms with E-state index in [9.17, 15) is 4.79 Å². The fourth-order valence-electron chi connectivity index (χ4n) is 1.23. The smallest absolute Gasteiger partial charge is 0.290 e. The second kappa shape index (κ2) is 4.13. The van der Waals surface area contributed by atoms with Crippen LogP contribution in [0.25, 0.3) is 0 Å². The van der Waals surface area contributed by atoms with E-state index >= 15 is 0 Å². The van der Waals surface area contributed by atoms with E-state index in [1.807, 2.05) is 0 Å². The Kier molecular flexibility index (Phi) is 2.67. The van der Waals surface area contributed by atoms with E-state index in [0.29, 0.717) is 11.5 Å². The maximum absolute atomic E-state index is 11.7. The maximum atomic E-state index is 11.7. The minimum atomic E-state index is -0.329. The number of aryl methyl sites for hydroxylation is 1. The van der Waals surface area contributed by atoms with Crippen LogP contribution in [-0.4, -0.2) is 26.2 Å². The summed E-state index contributed by atoms with van der Waals surface area (Å²) in [6.45, 7) is 3.54. The van der Waals surface area contributed by atoms with Crippen LogP contribution in [0.4, 0.5) is 0 Å². The number of amides is 1. The van der Waals surface area contributed by atoms with E-state index < -0.39 is 0 Å². The molecule has 1 atom stereocenters. The number of hydrogen-bond acceptors (Lipinski definition) is 5. The molecule has 0 radical (unpaired) electrons. The molecule has 2 rings (SSSR count). The van der Waals surface area contributed by atoms with E-state index in [4.69, 9.17) is 4.52 Å². The predicted octanol–water partition coefficient (Wildman–Crippen LogP) is 0.592. The Labute approximate surface area is 91.2 Å². The van der Waals surface area contributed by atoms with Crippen molar-refractivity contribution in [1.82, 2.24) is 25.7 Å². The molecule has 1 unspecified atom stereocenters. The molecule has 0 spiro atoms. The topological polar surface area (TPSA) is 96.7 Å². The highest BCUT2D eigenvalue weighted by atomic mass is 16.5. The Morgan fingerprint density at radius 2 is 2.44 bits per heavy atom. The summed E-state index contributed by atoms with van der Waals surface area (Å²) in [5.41, 5.74) is 0.664. The summed E-state index contributed by atoms with van der Waals surface area (Å²) in [5.74, 6) is 0.443. The molecule has 0 aliphatic heterocycles. The van der Waals surface area contributed by atoms with Crippen LogP contribution in [0.5, 0.6) is 0 Å². The molecule has 2 aromatic heterocycles. The second-order valence-electron chi connectivity index (χ2n) is 3.40. The normalized spacial score (nSPS) is 12.4. The van der Waals surface area contributed by atoms with E-state index in [1.165, 1.54) is 6.33 Å². The quantitative estimate of drug-likeness (QED) is 0.790. The average molecular weight is 221 g/mol. The third-order valence-electron chi connectivity index (χ3n) is 2.04. The molecule has 2 heterocycles. The van der Waals surface area contributed by atoms with Crippen LogP contribution in [0.2, 0.25) is 0 Å². The Morgan fingerprint density at radius 3 is 3.00 bits per heavy atom. The lowest BCUT2D eigenvalue weighted by Crippen LogP contribution is -2.27. The van der Waals surface area contributed by atoms with Gasteiger partial charge in [0.05, 0.1) is 11.7 Å².